The van der Waals surface area contributed by atoms with E-state index in [1.54, 1.807) is 7.05 Å². The lowest BCUT2D eigenvalue weighted by atomic mass is 9.92. The standard InChI is InChI=1S/C20H30ClN5O2.HI/c1-5-23-18(28)20(2,3)14-24-19(22-4)26-11-10-25(17(27)13-26)12-15-6-8-16(21)9-7-15;/h6-9H,5,10-14H2,1-4H3,(H,22,24)(H,23,28);1H. The van der Waals surface area contributed by atoms with Crippen LogP contribution in [0.15, 0.2) is 29.3 Å². The number of benzene rings is 1. The predicted octanol–water partition coefficient (Wildman–Crippen LogP) is 2.34. The number of carbonyl (C=O) groups excluding carboxylic acids is 2. The zero-order valence-electron chi connectivity index (χ0n) is 17.5. The summed E-state index contributed by atoms with van der Waals surface area (Å²) in [6.07, 6.45) is 0. The number of rotatable bonds is 6. The number of hydrogen-bond donors (Lipinski definition) is 2. The van der Waals surface area contributed by atoms with Gasteiger partial charge in [-0.05, 0) is 38.5 Å². The van der Waals surface area contributed by atoms with E-state index in [0.717, 1.165) is 5.56 Å². The molecular weight excluding hydrogens is 505 g/mol. The van der Waals surface area contributed by atoms with Gasteiger partial charge in [0.05, 0.1) is 12.0 Å². The van der Waals surface area contributed by atoms with Gasteiger partial charge in [0.1, 0.15) is 0 Å². The molecule has 7 nitrogen and oxygen atoms in total. The molecule has 1 aromatic carbocycles. The minimum absolute atomic E-state index is 0. The summed E-state index contributed by atoms with van der Waals surface area (Å²) in [4.78, 5) is 32.8. The van der Waals surface area contributed by atoms with E-state index in [-0.39, 0.29) is 42.3 Å². The molecule has 0 atom stereocenters. The van der Waals surface area contributed by atoms with E-state index in [1.807, 2.05) is 54.8 Å². The smallest absolute Gasteiger partial charge is 0.242 e. The largest absolute Gasteiger partial charge is 0.356 e. The molecular formula is C20H31ClIN5O2. The molecule has 0 radical (unpaired) electrons. The van der Waals surface area contributed by atoms with Crippen molar-refractivity contribution in [1.29, 1.82) is 0 Å². The molecule has 29 heavy (non-hydrogen) atoms. The number of nitrogens with zero attached hydrogens (tertiary/aromatic N) is 3. The van der Waals surface area contributed by atoms with E-state index >= 15 is 0 Å². The van der Waals surface area contributed by atoms with Crippen LogP contribution in [-0.4, -0.2) is 67.3 Å². The summed E-state index contributed by atoms with van der Waals surface area (Å²) in [5, 5.41) is 6.77. The number of carbonyl (C=O) groups is 2. The number of nitrogens with one attached hydrogen (secondary N) is 2. The Kier molecular flexibility index (Phi) is 10.2. The molecule has 2 amide bonds. The van der Waals surface area contributed by atoms with Crippen LogP contribution < -0.4 is 10.6 Å². The van der Waals surface area contributed by atoms with Gasteiger partial charge in [0, 0.05) is 44.8 Å². The highest BCUT2D eigenvalue weighted by molar-refractivity contribution is 14.0. The van der Waals surface area contributed by atoms with Gasteiger partial charge >= 0.3 is 0 Å². The van der Waals surface area contributed by atoms with Crippen molar-refractivity contribution in [3.05, 3.63) is 34.9 Å². The number of guanidine groups is 1. The zero-order valence-corrected chi connectivity index (χ0v) is 20.6. The highest BCUT2D eigenvalue weighted by Gasteiger charge is 2.30. The summed E-state index contributed by atoms with van der Waals surface area (Å²) < 4.78 is 0. The van der Waals surface area contributed by atoms with Gasteiger partial charge in [-0.3, -0.25) is 14.6 Å². The van der Waals surface area contributed by atoms with Crippen molar-refractivity contribution in [1.82, 2.24) is 20.4 Å². The minimum atomic E-state index is -0.577. The Hall–Kier alpha value is -1.55. The van der Waals surface area contributed by atoms with E-state index in [0.29, 0.717) is 43.7 Å². The molecule has 1 saturated heterocycles. The maximum atomic E-state index is 12.6. The maximum absolute atomic E-state index is 12.6. The molecule has 1 aliphatic heterocycles. The van der Waals surface area contributed by atoms with Gasteiger partial charge in [-0.25, -0.2) is 0 Å². The third-order valence-corrected chi connectivity index (χ3v) is 5.01. The quantitative estimate of drug-likeness (QED) is 0.333. The lowest BCUT2D eigenvalue weighted by Crippen LogP contribution is -2.56. The summed E-state index contributed by atoms with van der Waals surface area (Å²) >= 11 is 5.92. The fraction of sp³-hybridized carbons (Fsp3) is 0.550. The molecule has 0 bridgehead atoms. The number of aliphatic imine (C=N–C) groups is 1. The molecule has 0 aliphatic carbocycles. The molecule has 1 aliphatic rings. The molecule has 0 spiro atoms. The third-order valence-electron chi connectivity index (χ3n) is 4.76. The first kappa shape index (κ1) is 25.5. The first-order valence-corrected chi connectivity index (χ1v) is 9.90. The fourth-order valence-corrected chi connectivity index (χ4v) is 3.11. The van der Waals surface area contributed by atoms with Crippen LogP contribution in [0.3, 0.4) is 0 Å². The lowest BCUT2D eigenvalue weighted by Gasteiger charge is -2.37. The van der Waals surface area contributed by atoms with Crippen molar-refractivity contribution >= 4 is 53.4 Å². The van der Waals surface area contributed by atoms with E-state index < -0.39 is 5.41 Å². The highest BCUT2D eigenvalue weighted by atomic mass is 127. The average molecular weight is 536 g/mol. The monoisotopic (exact) mass is 535 g/mol. The Morgan fingerprint density at radius 3 is 2.41 bits per heavy atom. The second-order valence-electron chi connectivity index (χ2n) is 7.51. The molecule has 0 aromatic heterocycles. The van der Waals surface area contributed by atoms with Crippen LogP contribution in [0.5, 0.6) is 0 Å². The number of amides is 2. The first-order chi connectivity index (χ1) is 13.3. The van der Waals surface area contributed by atoms with Crippen molar-refractivity contribution in [2.45, 2.75) is 27.3 Å². The van der Waals surface area contributed by atoms with Crippen LogP contribution in [-0.2, 0) is 16.1 Å². The van der Waals surface area contributed by atoms with Crippen LogP contribution >= 0.6 is 35.6 Å². The Balaban J connectivity index is 0.00000420. The van der Waals surface area contributed by atoms with Crippen LogP contribution in [0.25, 0.3) is 0 Å². The molecule has 2 N–H and O–H groups in total. The highest BCUT2D eigenvalue weighted by Crippen LogP contribution is 2.15. The molecule has 162 valence electrons. The van der Waals surface area contributed by atoms with Gasteiger partial charge in [0.15, 0.2) is 5.96 Å². The fourth-order valence-electron chi connectivity index (χ4n) is 2.98. The van der Waals surface area contributed by atoms with E-state index in [9.17, 15) is 9.59 Å². The SMILES string of the molecule is CCNC(=O)C(C)(C)CNC(=NC)N1CCN(Cc2ccc(Cl)cc2)C(=O)C1.I. The molecule has 1 fully saturated rings. The van der Waals surface area contributed by atoms with Crippen molar-refractivity contribution in [3.8, 4) is 0 Å². The molecule has 0 unspecified atom stereocenters. The van der Waals surface area contributed by atoms with Crippen molar-refractivity contribution in [2.75, 3.05) is 39.8 Å². The van der Waals surface area contributed by atoms with Crippen molar-refractivity contribution in [3.63, 3.8) is 0 Å². The Labute approximate surface area is 195 Å². The predicted molar refractivity (Wildman–Crippen MR) is 128 cm³/mol. The van der Waals surface area contributed by atoms with Gasteiger partial charge in [0.25, 0.3) is 0 Å². The van der Waals surface area contributed by atoms with Crippen molar-refractivity contribution < 1.29 is 9.59 Å². The molecule has 1 heterocycles. The van der Waals surface area contributed by atoms with Gasteiger partial charge in [-0.1, -0.05) is 23.7 Å². The summed E-state index contributed by atoms with van der Waals surface area (Å²) in [5.41, 5.74) is 0.476. The van der Waals surface area contributed by atoms with Crippen LogP contribution in [0.4, 0.5) is 0 Å². The summed E-state index contributed by atoms with van der Waals surface area (Å²) in [6, 6.07) is 7.54. The van der Waals surface area contributed by atoms with Crippen molar-refractivity contribution in [2.24, 2.45) is 10.4 Å². The van der Waals surface area contributed by atoms with Crippen LogP contribution in [0.1, 0.15) is 26.3 Å². The zero-order chi connectivity index (χ0) is 20.7. The molecule has 9 heteroatoms. The van der Waals surface area contributed by atoms with Crippen LogP contribution in [0.2, 0.25) is 5.02 Å². The van der Waals surface area contributed by atoms with Gasteiger partial charge < -0.3 is 20.4 Å². The maximum Gasteiger partial charge on any atom is 0.242 e. The molecule has 0 saturated carbocycles. The summed E-state index contributed by atoms with van der Waals surface area (Å²) in [6.45, 7) is 8.82. The van der Waals surface area contributed by atoms with E-state index in [1.165, 1.54) is 0 Å². The Bertz CT molecular complexity index is 724. The topological polar surface area (TPSA) is 77.0 Å². The number of piperazine rings is 1. The minimum Gasteiger partial charge on any atom is -0.356 e. The lowest BCUT2D eigenvalue weighted by molar-refractivity contribution is -0.135. The number of hydrogen-bond acceptors (Lipinski definition) is 3. The third kappa shape index (κ3) is 7.33. The van der Waals surface area contributed by atoms with E-state index in [2.05, 4.69) is 15.6 Å². The van der Waals surface area contributed by atoms with Crippen LogP contribution in [0, 0.1) is 5.41 Å². The normalized spacial score (nSPS) is 15.1. The first-order valence-electron chi connectivity index (χ1n) is 9.53. The second-order valence-corrected chi connectivity index (χ2v) is 7.94. The van der Waals surface area contributed by atoms with E-state index in [4.69, 9.17) is 11.6 Å². The van der Waals surface area contributed by atoms with Gasteiger partial charge in [0.2, 0.25) is 11.8 Å². The van der Waals surface area contributed by atoms with Gasteiger partial charge in [-0.2, -0.15) is 0 Å². The van der Waals surface area contributed by atoms with Gasteiger partial charge in [-0.15, -0.1) is 24.0 Å². The Morgan fingerprint density at radius 2 is 1.86 bits per heavy atom. The Morgan fingerprint density at radius 1 is 1.21 bits per heavy atom. The number of halogens is 2. The second kappa shape index (κ2) is 11.6. The summed E-state index contributed by atoms with van der Waals surface area (Å²) in [7, 11) is 1.69. The average Bonchev–Trinajstić information content (AvgIpc) is 2.66. The molecule has 2 rings (SSSR count). The summed E-state index contributed by atoms with van der Waals surface area (Å²) in [5.74, 6) is 0.672. The molecule has 1 aromatic rings.